The van der Waals surface area contributed by atoms with E-state index in [1.54, 1.807) is 21.7 Å². The Morgan fingerprint density at radius 3 is 2.62 bits per heavy atom. The molecule has 39 heavy (non-hydrogen) atoms. The van der Waals surface area contributed by atoms with Gasteiger partial charge in [-0.15, -0.1) is 0 Å². The maximum atomic E-state index is 15.0. The second-order valence-electron chi connectivity index (χ2n) is 9.05. The molecule has 200 valence electrons. The van der Waals surface area contributed by atoms with Crippen LogP contribution >= 0.6 is 0 Å². The Labute approximate surface area is 220 Å². The first-order chi connectivity index (χ1) is 18.7. The molecule has 3 aromatic heterocycles. The molecule has 0 aliphatic carbocycles. The number of halogens is 4. The molecule has 8 nitrogen and oxygen atoms in total. The predicted molar refractivity (Wildman–Crippen MR) is 135 cm³/mol. The fourth-order valence-electron chi connectivity index (χ4n) is 4.65. The van der Waals surface area contributed by atoms with E-state index < -0.39 is 23.5 Å². The van der Waals surface area contributed by atoms with Gasteiger partial charge in [-0.05, 0) is 43.2 Å². The van der Waals surface area contributed by atoms with Crippen LogP contribution in [-0.4, -0.2) is 49.6 Å². The van der Waals surface area contributed by atoms with Crippen molar-refractivity contribution in [1.82, 2.24) is 24.6 Å². The second-order valence-corrected chi connectivity index (χ2v) is 9.05. The Morgan fingerprint density at radius 1 is 1.13 bits per heavy atom. The largest absolute Gasteiger partial charge is 0.416 e. The summed E-state index contributed by atoms with van der Waals surface area (Å²) in [4.78, 5) is 34.2. The highest BCUT2D eigenvalue weighted by molar-refractivity contribution is 6.04. The van der Waals surface area contributed by atoms with Crippen LogP contribution in [0.1, 0.15) is 34.8 Å². The molecule has 0 saturated carbocycles. The number of hydrogen-bond acceptors (Lipinski definition) is 5. The van der Waals surface area contributed by atoms with E-state index in [9.17, 15) is 27.2 Å². The maximum absolute atomic E-state index is 15.0. The highest BCUT2D eigenvalue weighted by Gasteiger charge is 2.31. The van der Waals surface area contributed by atoms with Gasteiger partial charge < -0.3 is 10.2 Å². The summed E-state index contributed by atoms with van der Waals surface area (Å²) in [5.74, 6) is -1.64. The summed E-state index contributed by atoms with van der Waals surface area (Å²) in [7, 11) is 0. The number of anilines is 1. The van der Waals surface area contributed by atoms with E-state index in [2.05, 4.69) is 21.9 Å². The molecule has 0 bridgehead atoms. The number of nitrogens with one attached hydrogen (secondary N) is 1. The SMILES string of the molecule is C=CC(=O)N1CCC[C@@H](n2nc(-c3ccc(C(=O)Nc4cc(C(F)(F)F)ccn4)cc3)c3cncc(F)c32)C1. The highest BCUT2D eigenvalue weighted by Crippen LogP contribution is 2.34. The molecule has 4 aromatic rings. The molecule has 1 aliphatic rings. The van der Waals surface area contributed by atoms with Gasteiger partial charge in [0.05, 0.1) is 17.8 Å². The van der Waals surface area contributed by atoms with Crippen LogP contribution in [0, 0.1) is 5.82 Å². The fraction of sp³-hybridized carbons (Fsp3) is 0.222. The van der Waals surface area contributed by atoms with Gasteiger partial charge >= 0.3 is 6.18 Å². The van der Waals surface area contributed by atoms with Crippen LogP contribution in [0.3, 0.4) is 0 Å². The lowest BCUT2D eigenvalue weighted by Gasteiger charge is -2.32. The normalized spacial score (nSPS) is 15.8. The minimum absolute atomic E-state index is 0.178. The van der Waals surface area contributed by atoms with E-state index in [1.165, 1.54) is 24.4 Å². The van der Waals surface area contributed by atoms with Gasteiger partial charge in [0.2, 0.25) is 5.91 Å². The van der Waals surface area contributed by atoms with E-state index in [4.69, 9.17) is 5.10 Å². The zero-order chi connectivity index (χ0) is 27.7. The van der Waals surface area contributed by atoms with E-state index >= 15 is 0 Å². The Balaban J connectivity index is 1.43. The van der Waals surface area contributed by atoms with Gasteiger partial charge in [-0.1, -0.05) is 18.7 Å². The first kappa shape index (κ1) is 26.0. The quantitative estimate of drug-likeness (QED) is 0.277. The topological polar surface area (TPSA) is 93.0 Å². The third-order valence-electron chi connectivity index (χ3n) is 6.54. The average molecular weight is 539 g/mol. The number of aromatic nitrogens is 4. The van der Waals surface area contributed by atoms with Gasteiger partial charge in [0.15, 0.2) is 5.82 Å². The van der Waals surface area contributed by atoms with Gasteiger partial charge in [-0.3, -0.25) is 19.3 Å². The average Bonchev–Trinajstić information content (AvgIpc) is 3.33. The van der Waals surface area contributed by atoms with Crippen molar-refractivity contribution in [3.05, 3.63) is 84.6 Å². The standard InChI is InChI=1S/C27H22F4N6O2/c1-2-23(38)36-11-3-4-19(15-36)37-25-20(13-32-14-21(25)28)24(35-37)16-5-7-17(8-6-16)26(39)34-22-12-18(9-10-33-22)27(29,30)31/h2,5-10,12-14,19H,1,3-4,11,15H2,(H,33,34,39)/t19-/m1/s1. The smallest absolute Gasteiger partial charge is 0.337 e. The summed E-state index contributed by atoms with van der Waals surface area (Å²) in [6.45, 7) is 4.47. The number of amides is 2. The van der Waals surface area contributed by atoms with Crippen molar-refractivity contribution in [2.24, 2.45) is 0 Å². The Bertz CT molecular complexity index is 1570. The van der Waals surface area contributed by atoms with Crippen molar-refractivity contribution >= 4 is 28.5 Å². The molecule has 4 heterocycles. The van der Waals surface area contributed by atoms with E-state index in [0.29, 0.717) is 36.2 Å². The third kappa shape index (κ3) is 5.22. The van der Waals surface area contributed by atoms with Crippen LogP contribution in [-0.2, 0) is 11.0 Å². The number of carbonyl (C=O) groups is 2. The van der Waals surface area contributed by atoms with Crippen molar-refractivity contribution in [2.75, 3.05) is 18.4 Å². The molecule has 1 aromatic carbocycles. The summed E-state index contributed by atoms with van der Waals surface area (Å²) in [5, 5.41) is 7.52. The lowest BCUT2D eigenvalue weighted by molar-refractivity contribution is -0.137. The number of rotatable bonds is 5. The molecular formula is C27H22F4N6O2. The number of hydrogen-bond donors (Lipinski definition) is 1. The first-order valence-corrected chi connectivity index (χ1v) is 12.0. The number of likely N-dealkylation sites (tertiary alicyclic amines) is 1. The predicted octanol–water partition coefficient (Wildman–Crippen LogP) is 5.25. The maximum Gasteiger partial charge on any atom is 0.416 e. The van der Waals surface area contributed by atoms with E-state index in [0.717, 1.165) is 30.9 Å². The molecule has 12 heteroatoms. The van der Waals surface area contributed by atoms with Gasteiger partial charge in [0.1, 0.15) is 17.0 Å². The minimum atomic E-state index is -4.57. The van der Waals surface area contributed by atoms with Crippen molar-refractivity contribution < 1.29 is 27.2 Å². The summed E-state index contributed by atoms with van der Waals surface area (Å²) < 4.78 is 55.5. The third-order valence-corrected chi connectivity index (χ3v) is 6.54. The molecule has 2 amide bonds. The summed E-state index contributed by atoms with van der Waals surface area (Å²) in [6, 6.07) is 7.50. The van der Waals surface area contributed by atoms with Gasteiger partial charge in [0.25, 0.3) is 5.91 Å². The molecule has 0 spiro atoms. The van der Waals surface area contributed by atoms with Crippen LogP contribution < -0.4 is 5.32 Å². The molecule has 0 unspecified atom stereocenters. The number of fused-ring (bicyclic) bond motifs is 1. The van der Waals surface area contributed by atoms with E-state index in [-0.39, 0.29) is 28.8 Å². The monoisotopic (exact) mass is 538 g/mol. The highest BCUT2D eigenvalue weighted by atomic mass is 19.4. The zero-order valence-corrected chi connectivity index (χ0v) is 20.5. The molecule has 1 fully saturated rings. The first-order valence-electron chi connectivity index (χ1n) is 12.0. The molecule has 0 radical (unpaired) electrons. The van der Waals surface area contributed by atoms with Crippen LogP contribution in [0.15, 0.2) is 67.6 Å². The summed E-state index contributed by atoms with van der Waals surface area (Å²) in [6.07, 6.45) is 1.68. The molecular weight excluding hydrogens is 516 g/mol. The Morgan fingerprint density at radius 2 is 1.90 bits per heavy atom. The van der Waals surface area contributed by atoms with Crippen LogP contribution in [0.2, 0.25) is 0 Å². The molecule has 1 atom stereocenters. The lowest BCUT2D eigenvalue weighted by atomic mass is 10.0. The number of nitrogens with zero attached hydrogens (tertiary/aromatic N) is 5. The second kappa shape index (κ2) is 10.3. The van der Waals surface area contributed by atoms with Crippen molar-refractivity contribution in [1.29, 1.82) is 0 Å². The fourth-order valence-corrected chi connectivity index (χ4v) is 4.65. The van der Waals surface area contributed by atoms with Crippen LogP contribution in [0.25, 0.3) is 22.2 Å². The van der Waals surface area contributed by atoms with Crippen molar-refractivity contribution in [3.63, 3.8) is 0 Å². The minimum Gasteiger partial charge on any atom is -0.337 e. The number of pyridine rings is 2. The molecule has 1 saturated heterocycles. The van der Waals surface area contributed by atoms with Crippen molar-refractivity contribution in [2.45, 2.75) is 25.1 Å². The van der Waals surface area contributed by atoms with Gasteiger partial charge in [-0.2, -0.15) is 18.3 Å². The Kier molecular flexibility index (Phi) is 6.85. The Hall–Kier alpha value is -4.61. The van der Waals surface area contributed by atoms with Crippen LogP contribution in [0.4, 0.5) is 23.4 Å². The lowest BCUT2D eigenvalue weighted by Crippen LogP contribution is -2.40. The molecule has 1 N–H and O–H groups in total. The van der Waals surface area contributed by atoms with Gasteiger partial charge in [0, 0.05) is 42.0 Å². The summed E-state index contributed by atoms with van der Waals surface area (Å²) in [5.41, 5.74) is 0.527. The van der Waals surface area contributed by atoms with Gasteiger partial charge in [-0.25, -0.2) is 9.37 Å². The zero-order valence-electron chi connectivity index (χ0n) is 20.5. The van der Waals surface area contributed by atoms with E-state index in [1.807, 2.05) is 0 Å². The number of carbonyl (C=O) groups excluding carboxylic acids is 2. The molecule has 5 rings (SSSR count). The van der Waals surface area contributed by atoms with Crippen LogP contribution in [0.5, 0.6) is 0 Å². The van der Waals surface area contributed by atoms with Crippen molar-refractivity contribution in [3.8, 4) is 11.3 Å². The number of piperidine rings is 1. The number of alkyl halides is 3. The molecule has 1 aliphatic heterocycles. The summed E-state index contributed by atoms with van der Waals surface area (Å²) >= 11 is 0. The number of benzene rings is 1.